The second-order valence-corrected chi connectivity index (χ2v) is 3.60. The Labute approximate surface area is 93.2 Å². The lowest BCUT2D eigenvalue weighted by Crippen LogP contribution is -2.01. The molecule has 1 aromatic heterocycles. The van der Waals surface area contributed by atoms with Crippen LogP contribution >= 0.6 is 0 Å². The maximum Gasteiger partial charge on any atom is 0.125 e. The van der Waals surface area contributed by atoms with Gasteiger partial charge < -0.3 is 5.11 Å². The first-order valence-corrected chi connectivity index (χ1v) is 5.23. The fourth-order valence-corrected chi connectivity index (χ4v) is 1.66. The van der Waals surface area contributed by atoms with E-state index < -0.39 is 0 Å². The first-order valence-electron chi connectivity index (χ1n) is 5.23. The molecule has 2 rings (SSSR count). The predicted molar refractivity (Wildman–Crippen MR) is 59.6 cm³/mol. The van der Waals surface area contributed by atoms with E-state index in [0.29, 0.717) is 5.56 Å². The Balaban J connectivity index is 2.49. The SMILES string of the molecule is CCCn1nccc1-c1cc(F)ccc1O. The van der Waals surface area contributed by atoms with Crippen LogP contribution in [0.2, 0.25) is 0 Å². The zero-order valence-corrected chi connectivity index (χ0v) is 9.02. The molecule has 0 radical (unpaired) electrons. The van der Waals surface area contributed by atoms with E-state index in [-0.39, 0.29) is 11.6 Å². The minimum absolute atomic E-state index is 0.0688. The molecule has 2 aromatic rings. The van der Waals surface area contributed by atoms with Gasteiger partial charge in [-0.2, -0.15) is 5.10 Å². The Morgan fingerprint density at radius 2 is 2.19 bits per heavy atom. The summed E-state index contributed by atoms with van der Waals surface area (Å²) in [4.78, 5) is 0. The van der Waals surface area contributed by atoms with Crippen molar-refractivity contribution in [2.75, 3.05) is 0 Å². The van der Waals surface area contributed by atoms with Crippen LogP contribution in [0.4, 0.5) is 4.39 Å². The third-order valence-corrected chi connectivity index (χ3v) is 2.39. The maximum atomic E-state index is 13.1. The summed E-state index contributed by atoms with van der Waals surface area (Å²) in [7, 11) is 0. The molecule has 0 spiro atoms. The van der Waals surface area contributed by atoms with E-state index >= 15 is 0 Å². The molecular weight excluding hydrogens is 207 g/mol. The zero-order chi connectivity index (χ0) is 11.5. The van der Waals surface area contributed by atoms with Crippen LogP contribution < -0.4 is 0 Å². The Kier molecular flexibility index (Phi) is 2.90. The van der Waals surface area contributed by atoms with Crippen LogP contribution in [0.3, 0.4) is 0 Å². The summed E-state index contributed by atoms with van der Waals surface area (Å²) in [6.07, 6.45) is 2.58. The molecule has 0 fully saturated rings. The molecule has 3 nitrogen and oxygen atoms in total. The van der Waals surface area contributed by atoms with Gasteiger partial charge in [-0.3, -0.25) is 4.68 Å². The first-order chi connectivity index (χ1) is 7.72. The van der Waals surface area contributed by atoms with Gasteiger partial charge in [0.1, 0.15) is 11.6 Å². The van der Waals surface area contributed by atoms with E-state index in [9.17, 15) is 9.50 Å². The standard InChI is InChI=1S/C12H13FN2O/c1-2-7-15-11(5-6-14-15)10-8-9(13)3-4-12(10)16/h3-6,8,16H,2,7H2,1H3. The lowest BCUT2D eigenvalue weighted by molar-refractivity contribution is 0.474. The average molecular weight is 220 g/mol. The molecule has 0 saturated heterocycles. The molecular formula is C12H13FN2O. The Morgan fingerprint density at radius 1 is 1.38 bits per heavy atom. The highest BCUT2D eigenvalue weighted by atomic mass is 19.1. The molecule has 0 atom stereocenters. The van der Waals surface area contributed by atoms with Crippen molar-refractivity contribution in [1.29, 1.82) is 0 Å². The van der Waals surface area contributed by atoms with Gasteiger partial charge in [0.15, 0.2) is 0 Å². The number of phenols is 1. The second-order valence-electron chi connectivity index (χ2n) is 3.60. The number of aromatic nitrogens is 2. The molecule has 0 saturated carbocycles. The van der Waals surface area contributed by atoms with Gasteiger partial charge in [-0.1, -0.05) is 6.92 Å². The summed E-state index contributed by atoms with van der Waals surface area (Å²) >= 11 is 0. The molecule has 1 aromatic carbocycles. The van der Waals surface area contributed by atoms with E-state index in [1.54, 1.807) is 16.9 Å². The minimum Gasteiger partial charge on any atom is -0.507 e. The predicted octanol–water partition coefficient (Wildman–Crippen LogP) is 2.80. The van der Waals surface area contributed by atoms with Gasteiger partial charge in [0, 0.05) is 18.3 Å². The zero-order valence-electron chi connectivity index (χ0n) is 9.02. The van der Waals surface area contributed by atoms with Gasteiger partial charge in [-0.15, -0.1) is 0 Å². The van der Waals surface area contributed by atoms with E-state index in [0.717, 1.165) is 18.7 Å². The first kappa shape index (κ1) is 10.7. The summed E-state index contributed by atoms with van der Waals surface area (Å²) in [6, 6.07) is 5.68. The number of aryl methyl sites for hydroxylation is 1. The second kappa shape index (κ2) is 4.35. The third-order valence-electron chi connectivity index (χ3n) is 2.39. The normalized spacial score (nSPS) is 10.6. The number of benzene rings is 1. The van der Waals surface area contributed by atoms with Crippen LogP contribution in [0, 0.1) is 5.82 Å². The van der Waals surface area contributed by atoms with Crippen LogP contribution in [0.25, 0.3) is 11.3 Å². The summed E-state index contributed by atoms with van der Waals surface area (Å²) in [5, 5.41) is 13.8. The number of phenolic OH excluding ortho intramolecular Hbond substituents is 1. The summed E-state index contributed by atoms with van der Waals surface area (Å²) in [5.41, 5.74) is 1.21. The lowest BCUT2D eigenvalue weighted by atomic mass is 10.1. The van der Waals surface area contributed by atoms with Gasteiger partial charge in [0.05, 0.1) is 5.69 Å². The molecule has 0 aliphatic carbocycles. The number of aromatic hydroxyl groups is 1. The van der Waals surface area contributed by atoms with Gasteiger partial charge in [-0.05, 0) is 30.7 Å². The molecule has 0 amide bonds. The number of halogens is 1. The molecule has 0 unspecified atom stereocenters. The minimum atomic E-state index is -0.364. The van der Waals surface area contributed by atoms with Gasteiger partial charge in [0.2, 0.25) is 0 Å². The van der Waals surface area contributed by atoms with Crippen molar-refractivity contribution in [1.82, 2.24) is 9.78 Å². The molecule has 0 aliphatic heterocycles. The van der Waals surface area contributed by atoms with Crippen molar-refractivity contribution < 1.29 is 9.50 Å². The Hall–Kier alpha value is -1.84. The van der Waals surface area contributed by atoms with E-state index in [1.807, 2.05) is 6.92 Å². The monoisotopic (exact) mass is 220 g/mol. The van der Waals surface area contributed by atoms with Crippen molar-refractivity contribution in [3.05, 3.63) is 36.3 Å². The summed E-state index contributed by atoms with van der Waals surface area (Å²) in [6.45, 7) is 2.79. The quantitative estimate of drug-likeness (QED) is 0.863. The largest absolute Gasteiger partial charge is 0.507 e. The molecule has 4 heteroatoms. The number of hydrogen-bond donors (Lipinski definition) is 1. The van der Waals surface area contributed by atoms with E-state index in [2.05, 4.69) is 5.10 Å². The smallest absolute Gasteiger partial charge is 0.125 e. The number of hydrogen-bond acceptors (Lipinski definition) is 2. The molecule has 16 heavy (non-hydrogen) atoms. The fourth-order valence-electron chi connectivity index (χ4n) is 1.66. The Bertz CT molecular complexity index is 494. The number of nitrogens with zero attached hydrogens (tertiary/aromatic N) is 2. The molecule has 1 N–H and O–H groups in total. The molecule has 84 valence electrons. The molecule has 0 bridgehead atoms. The molecule has 0 aliphatic rings. The maximum absolute atomic E-state index is 13.1. The third kappa shape index (κ3) is 1.91. The van der Waals surface area contributed by atoms with Gasteiger partial charge >= 0.3 is 0 Å². The fraction of sp³-hybridized carbons (Fsp3) is 0.250. The van der Waals surface area contributed by atoms with Crippen LogP contribution in [0.15, 0.2) is 30.5 Å². The highest BCUT2D eigenvalue weighted by Crippen LogP contribution is 2.29. The molecule has 1 heterocycles. The summed E-state index contributed by atoms with van der Waals surface area (Å²) < 4.78 is 14.9. The van der Waals surface area contributed by atoms with Crippen molar-refractivity contribution in [2.24, 2.45) is 0 Å². The van der Waals surface area contributed by atoms with Crippen molar-refractivity contribution in [3.8, 4) is 17.0 Å². The van der Waals surface area contributed by atoms with Crippen molar-refractivity contribution >= 4 is 0 Å². The Morgan fingerprint density at radius 3 is 2.94 bits per heavy atom. The average Bonchev–Trinajstić information content (AvgIpc) is 2.70. The number of rotatable bonds is 3. The van der Waals surface area contributed by atoms with Crippen LogP contribution in [0.1, 0.15) is 13.3 Å². The van der Waals surface area contributed by atoms with Crippen molar-refractivity contribution in [2.45, 2.75) is 19.9 Å². The van der Waals surface area contributed by atoms with Crippen LogP contribution in [-0.2, 0) is 6.54 Å². The van der Waals surface area contributed by atoms with Gasteiger partial charge in [0.25, 0.3) is 0 Å². The van der Waals surface area contributed by atoms with Crippen LogP contribution in [0.5, 0.6) is 5.75 Å². The van der Waals surface area contributed by atoms with Crippen molar-refractivity contribution in [3.63, 3.8) is 0 Å². The van der Waals surface area contributed by atoms with E-state index in [4.69, 9.17) is 0 Å². The highest BCUT2D eigenvalue weighted by molar-refractivity contribution is 5.66. The summed E-state index contributed by atoms with van der Waals surface area (Å²) in [5.74, 6) is -0.295. The topological polar surface area (TPSA) is 38.0 Å². The van der Waals surface area contributed by atoms with Gasteiger partial charge in [-0.25, -0.2) is 4.39 Å². The lowest BCUT2D eigenvalue weighted by Gasteiger charge is -2.07. The van der Waals surface area contributed by atoms with E-state index in [1.165, 1.54) is 18.2 Å². The van der Waals surface area contributed by atoms with Crippen LogP contribution in [-0.4, -0.2) is 14.9 Å². The highest BCUT2D eigenvalue weighted by Gasteiger charge is 2.10.